The number of ether oxygens (including phenoxy) is 1. The van der Waals surface area contributed by atoms with E-state index in [1.807, 2.05) is 13.0 Å². The maximum Gasteiger partial charge on any atom is 0.330 e. The van der Waals surface area contributed by atoms with Crippen LogP contribution in [0.4, 0.5) is 0 Å². The first kappa shape index (κ1) is 23.7. The summed E-state index contributed by atoms with van der Waals surface area (Å²) in [6.07, 6.45) is 4.26. The van der Waals surface area contributed by atoms with E-state index in [0.717, 1.165) is 17.3 Å². The second-order valence-corrected chi connectivity index (χ2v) is 11.7. The summed E-state index contributed by atoms with van der Waals surface area (Å²) in [5, 5.41) is 4.11. The van der Waals surface area contributed by atoms with Gasteiger partial charge in [-0.15, -0.1) is 0 Å². The molecule has 0 aliphatic carbocycles. The van der Waals surface area contributed by atoms with Gasteiger partial charge in [-0.25, -0.2) is 4.79 Å². The summed E-state index contributed by atoms with van der Waals surface area (Å²) in [4.78, 5) is 11.7. The van der Waals surface area contributed by atoms with Gasteiger partial charge < -0.3 is 4.74 Å². The van der Waals surface area contributed by atoms with E-state index in [2.05, 4.69) is 116 Å². The first-order chi connectivity index (χ1) is 16.6. The maximum atomic E-state index is 11.7. The second kappa shape index (κ2) is 11.1. The number of carbonyl (C=O) groups is 1. The fourth-order valence-electron chi connectivity index (χ4n) is 4.41. The molecule has 4 rings (SSSR count). The summed E-state index contributed by atoms with van der Waals surface area (Å²) in [7, 11) is -1.94. The Kier molecular flexibility index (Phi) is 7.72. The predicted octanol–water partition coefficient (Wildman–Crippen LogP) is 6.07. The number of hydrogen-bond donors (Lipinski definition) is 0. The van der Waals surface area contributed by atoms with Gasteiger partial charge in [-0.3, -0.25) is 0 Å². The van der Waals surface area contributed by atoms with Crippen molar-refractivity contribution in [3.05, 3.63) is 132 Å². The molecule has 0 bridgehead atoms. The normalized spacial score (nSPS) is 11.5. The Labute approximate surface area is 203 Å². The molecule has 0 aliphatic heterocycles. The minimum absolute atomic E-state index is 0.312. The first-order valence-corrected chi connectivity index (χ1v) is 13.6. The van der Waals surface area contributed by atoms with Crippen molar-refractivity contribution < 1.29 is 9.53 Å². The van der Waals surface area contributed by atoms with E-state index < -0.39 is 7.26 Å². The average Bonchev–Trinajstić information content (AvgIpc) is 2.88. The lowest BCUT2D eigenvalue weighted by molar-refractivity contribution is -0.137. The molecule has 0 aliphatic rings. The SMILES string of the molecule is CCOC(=O)/C=C/c1ccc(C[P+](c2ccccc2)(c2ccccc2)c2ccccc2)cc1C. The molecule has 0 fully saturated rings. The highest BCUT2D eigenvalue weighted by Crippen LogP contribution is 2.58. The van der Waals surface area contributed by atoms with Gasteiger partial charge in [-0.05, 0) is 73.0 Å². The van der Waals surface area contributed by atoms with Crippen molar-refractivity contribution in [1.82, 2.24) is 0 Å². The summed E-state index contributed by atoms with van der Waals surface area (Å²) >= 11 is 0. The Balaban J connectivity index is 1.81. The van der Waals surface area contributed by atoms with Crippen LogP contribution in [0.1, 0.15) is 23.6 Å². The number of esters is 1. The van der Waals surface area contributed by atoms with Crippen LogP contribution in [0.15, 0.2) is 115 Å². The van der Waals surface area contributed by atoms with E-state index in [1.54, 1.807) is 0 Å². The van der Waals surface area contributed by atoms with E-state index in [0.29, 0.717) is 6.61 Å². The predicted molar refractivity (Wildman–Crippen MR) is 146 cm³/mol. The summed E-state index contributed by atoms with van der Waals surface area (Å²) in [6, 6.07) is 39.3. The Hall–Kier alpha value is -3.48. The molecule has 3 heteroatoms. The van der Waals surface area contributed by atoms with Crippen molar-refractivity contribution in [2.24, 2.45) is 0 Å². The average molecular weight is 466 g/mol. The highest BCUT2D eigenvalue weighted by Gasteiger charge is 2.45. The summed E-state index contributed by atoms with van der Waals surface area (Å²) in [5.41, 5.74) is 3.46. The Morgan fingerprint density at radius 1 is 0.765 bits per heavy atom. The zero-order chi connectivity index (χ0) is 23.8. The summed E-state index contributed by atoms with van der Waals surface area (Å²) in [6.45, 7) is 4.29. The van der Waals surface area contributed by atoms with Crippen LogP contribution in [0.3, 0.4) is 0 Å². The molecular formula is C31H30O2P+. The molecular weight excluding hydrogens is 435 g/mol. The molecule has 0 saturated carbocycles. The van der Waals surface area contributed by atoms with E-state index in [9.17, 15) is 4.79 Å². The second-order valence-electron chi connectivity index (χ2n) is 8.25. The summed E-state index contributed by atoms with van der Waals surface area (Å²) in [5.74, 6) is -0.312. The molecule has 0 heterocycles. The van der Waals surface area contributed by atoms with Crippen LogP contribution >= 0.6 is 7.26 Å². The molecule has 170 valence electrons. The largest absolute Gasteiger partial charge is 0.463 e. The van der Waals surface area contributed by atoms with E-state index in [-0.39, 0.29) is 5.97 Å². The van der Waals surface area contributed by atoms with Crippen molar-refractivity contribution in [3.63, 3.8) is 0 Å². The van der Waals surface area contributed by atoms with Crippen LogP contribution in [0.25, 0.3) is 6.08 Å². The van der Waals surface area contributed by atoms with Gasteiger partial charge in [0, 0.05) is 6.08 Å². The molecule has 4 aromatic rings. The van der Waals surface area contributed by atoms with Crippen molar-refractivity contribution in [2.45, 2.75) is 20.0 Å². The lowest BCUT2D eigenvalue weighted by atomic mass is 10.1. The lowest BCUT2D eigenvalue weighted by Gasteiger charge is -2.28. The van der Waals surface area contributed by atoms with Crippen molar-refractivity contribution in [1.29, 1.82) is 0 Å². The molecule has 0 saturated heterocycles. The molecule has 0 amide bonds. The molecule has 0 spiro atoms. The van der Waals surface area contributed by atoms with Crippen molar-refractivity contribution >= 4 is 35.2 Å². The fraction of sp³-hybridized carbons (Fsp3) is 0.129. The third kappa shape index (κ3) is 5.19. The highest BCUT2D eigenvalue weighted by atomic mass is 31.2. The van der Waals surface area contributed by atoms with Crippen LogP contribution in [0, 0.1) is 6.92 Å². The number of rotatable bonds is 8. The van der Waals surface area contributed by atoms with Gasteiger partial charge in [0.2, 0.25) is 0 Å². The third-order valence-electron chi connectivity index (χ3n) is 6.03. The molecule has 0 unspecified atom stereocenters. The lowest BCUT2D eigenvalue weighted by Crippen LogP contribution is -2.32. The first-order valence-electron chi connectivity index (χ1n) is 11.6. The molecule has 4 aromatic carbocycles. The molecule has 0 N–H and O–H groups in total. The van der Waals surface area contributed by atoms with Gasteiger partial charge in [-0.1, -0.05) is 72.8 Å². The number of benzene rings is 4. The molecule has 0 aromatic heterocycles. The van der Waals surface area contributed by atoms with Gasteiger partial charge in [0.1, 0.15) is 23.2 Å². The topological polar surface area (TPSA) is 26.3 Å². The molecule has 2 nitrogen and oxygen atoms in total. The van der Waals surface area contributed by atoms with E-state index in [1.165, 1.54) is 27.6 Å². The minimum Gasteiger partial charge on any atom is -0.463 e. The fourth-order valence-corrected chi connectivity index (χ4v) is 8.64. The number of hydrogen-bond acceptors (Lipinski definition) is 2. The van der Waals surface area contributed by atoms with E-state index >= 15 is 0 Å². The number of aryl methyl sites for hydroxylation is 1. The third-order valence-corrected chi connectivity index (χ3v) is 10.4. The minimum atomic E-state index is -1.94. The number of carbonyl (C=O) groups excluding carboxylic acids is 1. The van der Waals surface area contributed by atoms with Crippen molar-refractivity contribution in [2.75, 3.05) is 6.61 Å². The highest BCUT2D eigenvalue weighted by molar-refractivity contribution is 7.95. The zero-order valence-corrected chi connectivity index (χ0v) is 20.6. The van der Waals surface area contributed by atoms with Gasteiger partial charge in [0.25, 0.3) is 0 Å². The smallest absolute Gasteiger partial charge is 0.330 e. The summed E-state index contributed by atoms with van der Waals surface area (Å²) < 4.78 is 5.02. The molecule has 0 atom stereocenters. The maximum absolute atomic E-state index is 11.7. The van der Waals surface area contributed by atoms with Gasteiger partial charge >= 0.3 is 5.97 Å². The zero-order valence-electron chi connectivity index (χ0n) is 19.7. The van der Waals surface area contributed by atoms with Crippen LogP contribution in [0.2, 0.25) is 0 Å². The van der Waals surface area contributed by atoms with Crippen LogP contribution in [-0.4, -0.2) is 12.6 Å². The standard InChI is InChI=1S/C31H30O2P/c1-3-33-31(32)22-21-27-20-19-26(23-25(27)2)24-34(28-13-7-4-8-14-28,29-15-9-5-10-16-29)30-17-11-6-12-18-30/h4-23H,3,24H2,1-2H3/q+1/b22-21+. The Bertz CT molecular complexity index is 1150. The van der Waals surface area contributed by atoms with E-state index in [4.69, 9.17) is 4.74 Å². The van der Waals surface area contributed by atoms with Crippen molar-refractivity contribution in [3.8, 4) is 0 Å². The van der Waals surface area contributed by atoms with Gasteiger partial charge in [0.05, 0.1) is 12.8 Å². The molecule has 34 heavy (non-hydrogen) atoms. The van der Waals surface area contributed by atoms with Crippen LogP contribution in [0.5, 0.6) is 0 Å². The van der Waals surface area contributed by atoms with Gasteiger partial charge in [-0.2, -0.15) is 0 Å². The van der Waals surface area contributed by atoms with Crippen LogP contribution < -0.4 is 15.9 Å². The quantitative estimate of drug-likeness (QED) is 0.179. The molecule has 0 radical (unpaired) electrons. The Morgan fingerprint density at radius 3 is 1.71 bits per heavy atom. The Morgan fingerprint density at radius 2 is 1.26 bits per heavy atom. The van der Waals surface area contributed by atoms with Gasteiger partial charge in [0.15, 0.2) is 0 Å². The monoisotopic (exact) mass is 465 g/mol. The van der Waals surface area contributed by atoms with Crippen LogP contribution in [-0.2, 0) is 15.7 Å².